The standard InChI is InChI=1S/C12H18BrNO5S/c1-4-14(5-6-15)20(16,17)12-8-11(19-3)10(18-2)7-9(12)13/h7-8,15H,4-6H2,1-3H3. The lowest BCUT2D eigenvalue weighted by Crippen LogP contribution is -2.33. The molecular weight excluding hydrogens is 350 g/mol. The average molecular weight is 368 g/mol. The van der Waals surface area contributed by atoms with Crippen LogP contribution >= 0.6 is 15.9 Å². The molecule has 0 bridgehead atoms. The molecule has 20 heavy (non-hydrogen) atoms. The lowest BCUT2D eigenvalue weighted by Gasteiger charge is -2.21. The highest BCUT2D eigenvalue weighted by Gasteiger charge is 2.26. The van der Waals surface area contributed by atoms with Gasteiger partial charge in [0.15, 0.2) is 11.5 Å². The highest BCUT2D eigenvalue weighted by atomic mass is 79.9. The van der Waals surface area contributed by atoms with Gasteiger partial charge in [-0.3, -0.25) is 0 Å². The first-order valence-electron chi connectivity index (χ1n) is 5.94. The molecule has 114 valence electrons. The van der Waals surface area contributed by atoms with Gasteiger partial charge in [0, 0.05) is 23.6 Å². The molecular formula is C12H18BrNO5S. The molecule has 0 atom stereocenters. The summed E-state index contributed by atoms with van der Waals surface area (Å²) >= 11 is 3.23. The highest BCUT2D eigenvalue weighted by Crippen LogP contribution is 2.36. The van der Waals surface area contributed by atoms with E-state index in [0.29, 0.717) is 16.0 Å². The van der Waals surface area contributed by atoms with Crippen LogP contribution in [0.5, 0.6) is 11.5 Å². The van der Waals surface area contributed by atoms with E-state index in [9.17, 15) is 8.42 Å². The molecule has 0 saturated carbocycles. The van der Waals surface area contributed by atoms with E-state index >= 15 is 0 Å². The van der Waals surface area contributed by atoms with E-state index in [1.807, 2.05) is 0 Å². The van der Waals surface area contributed by atoms with Crippen molar-refractivity contribution in [3.05, 3.63) is 16.6 Å². The molecule has 0 aliphatic rings. The van der Waals surface area contributed by atoms with Crippen molar-refractivity contribution < 1.29 is 23.0 Å². The maximum absolute atomic E-state index is 12.5. The van der Waals surface area contributed by atoms with E-state index in [-0.39, 0.29) is 24.6 Å². The number of likely N-dealkylation sites (N-methyl/N-ethyl adjacent to an activating group) is 1. The van der Waals surface area contributed by atoms with Gasteiger partial charge >= 0.3 is 0 Å². The van der Waals surface area contributed by atoms with Gasteiger partial charge in [-0.15, -0.1) is 0 Å². The van der Waals surface area contributed by atoms with Crippen LogP contribution in [0.25, 0.3) is 0 Å². The SMILES string of the molecule is CCN(CCO)S(=O)(=O)c1cc(OC)c(OC)cc1Br. The average Bonchev–Trinajstić information content (AvgIpc) is 2.43. The van der Waals surface area contributed by atoms with Gasteiger partial charge in [0.1, 0.15) is 4.90 Å². The first kappa shape index (κ1) is 17.2. The maximum Gasteiger partial charge on any atom is 0.244 e. The molecule has 1 aromatic carbocycles. The summed E-state index contributed by atoms with van der Waals surface area (Å²) in [7, 11) is -0.798. The lowest BCUT2D eigenvalue weighted by molar-refractivity contribution is 0.257. The fraction of sp³-hybridized carbons (Fsp3) is 0.500. The van der Waals surface area contributed by atoms with Crippen LogP contribution in [0.15, 0.2) is 21.5 Å². The number of aliphatic hydroxyl groups is 1. The number of rotatable bonds is 7. The van der Waals surface area contributed by atoms with Crippen LogP contribution < -0.4 is 9.47 Å². The second-order valence-electron chi connectivity index (χ2n) is 3.86. The monoisotopic (exact) mass is 367 g/mol. The Hall–Kier alpha value is -0.830. The van der Waals surface area contributed by atoms with Crippen molar-refractivity contribution in [3.63, 3.8) is 0 Å². The molecule has 0 heterocycles. The fourth-order valence-corrected chi connectivity index (χ4v) is 4.17. The van der Waals surface area contributed by atoms with Crippen molar-refractivity contribution in [2.24, 2.45) is 0 Å². The third-order valence-electron chi connectivity index (χ3n) is 2.76. The third-order valence-corrected chi connectivity index (χ3v) is 5.69. The summed E-state index contributed by atoms with van der Waals surface area (Å²) < 4.78 is 36.9. The Balaban J connectivity index is 3.38. The molecule has 0 amide bonds. The molecule has 0 saturated heterocycles. The van der Waals surface area contributed by atoms with E-state index < -0.39 is 10.0 Å². The van der Waals surface area contributed by atoms with Gasteiger partial charge in [-0.2, -0.15) is 4.31 Å². The zero-order valence-electron chi connectivity index (χ0n) is 11.6. The van der Waals surface area contributed by atoms with Crippen molar-refractivity contribution in [1.29, 1.82) is 0 Å². The van der Waals surface area contributed by atoms with Gasteiger partial charge in [0.2, 0.25) is 10.0 Å². The van der Waals surface area contributed by atoms with Crippen LogP contribution in [-0.2, 0) is 10.0 Å². The first-order valence-corrected chi connectivity index (χ1v) is 8.18. The number of methoxy groups -OCH3 is 2. The van der Waals surface area contributed by atoms with Crippen molar-refractivity contribution in [3.8, 4) is 11.5 Å². The molecule has 0 spiro atoms. The molecule has 0 radical (unpaired) electrons. The van der Waals surface area contributed by atoms with E-state index in [0.717, 1.165) is 0 Å². The molecule has 0 fully saturated rings. The Labute approximate surface area is 127 Å². The first-order chi connectivity index (χ1) is 9.42. The molecule has 1 rings (SSSR count). The van der Waals surface area contributed by atoms with Crippen LogP contribution in [0.2, 0.25) is 0 Å². The molecule has 0 aliphatic carbocycles. The largest absolute Gasteiger partial charge is 0.493 e. The van der Waals surface area contributed by atoms with Gasteiger partial charge < -0.3 is 14.6 Å². The van der Waals surface area contributed by atoms with Crippen LogP contribution in [0, 0.1) is 0 Å². The summed E-state index contributed by atoms with van der Waals surface area (Å²) in [4.78, 5) is 0.0745. The second-order valence-corrected chi connectivity index (χ2v) is 6.62. The van der Waals surface area contributed by atoms with E-state index in [4.69, 9.17) is 14.6 Å². The van der Waals surface area contributed by atoms with Crippen LogP contribution in [0.1, 0.15) is 6.92 Å². The number of benzene rings is 1. The Morgan fingerprint density at radius 2 is 1.80 bits per heavy atom. The van der Waals surface area contributed by atoms with E-state index in [1.54, 1.807) is 13.0 Å². The summed E-state index contributed by atoms with van der Waals surface area (Å²) in [5.74, 6) is 0.762. The van der Waals surface area contributed by atoms with Gasteiger partial charge in [0.05, 0.1) is 20.8 Å². The predicted molar refractivity (Wildman–Crippen MR) is 78.8 cm³/mol. The number of sulfonamides is 1. The molecule has 8 heteroatoms. The normalized spacial score (nSPS) is 11.7. The molecule has 0 aliphatic heterocycles. The second kappa shape index (κ2) is 7.26. The van der Waals surface area contributed by atoms with Crippen LogP contribution in [0.4, 0.5) is 0 Å². The minimum Gasteiger partial charge on any atom is -0.493 e. The quantitative estimate of drug-likeness (QED) is 0.789. The number of nitrogens with zero attached hydrogens (tertiary/aromatic N) is 1. The summed E-state index contributed by atoms with van der Waals surface area (Å²) in [6.07, 6.45) is 0. The smallest absolute Gasteiger partial charge is 0.244 e. The summed E-state index contributed by atoms with van der Waals surface area (Å²) in [5.41, 5.74) is 0. The third kappa shape index (κ3) is 3.43. The zero-order chi connectivity index (χ0) is 15.3. The van der Waals surface area contributed by atoms with E-state index in [1.165, 1.54) is 24.6 Å². The Morgan fingerprint density at radius 1 is 1.25 bits per heavy atom. The van der Waals surface area contributed by atoms with Crippen LogP contribution in [0.3, 0.4) is 0 Å². The number of aliphatic hydroxyl groups excluding tert-OH is 1. The minimum atomic E-state index is -3.71. The Bertz CT molecular complexity index is 561. The Morgan fingerprint density at radius 3 is 2.25 bits per heavy atom. The minimum absolute atomic E-state index is 0.0413. The number of halogens is 1. The lowest BCUT2D eigenvalue weighted by atomic mass is 10.3. The van der Waals surface area contributed by atoms with E-state index in [2.05, 4.69) is 15.9 Å². The van der Waals surface area contributed by atoms with Crippen molar-refractivity contribution in [2.45, 2.75) is 11.8 Å². The molecule has 0 aromatic heterocycles. The summed E-state index contributed by atoms with van der Waals surface area (Å²) in [6.45, 7) is 1.78. The summed E-state index contributed by atoms with van der Waals surface area (Å²) in [5, 5.41) is 8.97. The van der Waals surface area contributed by atoms with Crippen molar-refractivity contribution in [1.82, 2.24) is 4.31 Å². The molecule has 1 aromatic rings. The highest BCUT2D eigenvalue weighted by molar-refractivity contribution is 9.10. The van der Waals surface area contributed by atoms with Gasteiger partial charge in [-0.25, -0.2) is 8.42 Å². The maximum atomic E-state index is 12.5. The Kier molecular flexibility index (Phi) is 6.25. The van der Waals surface area contributed by atoms with Crippen molar-refractivity contribution in [2.75, 3.05) is 33.9 Å². The molecule has 1 N–H and O–H groups in total. The number of hydrogen-bond acceptors (Lipinski definition) is 5. The van der Waals surface area contributed by atoms with Gasteiger partial charge in [-0.1, -0.05) is 6.92 Å². The van der Waals surface area contributed by atoms with Crippen molar-refractivity contribution >= 4 is 26.0 Å². The predicted octanol–water partition coefficient (Wildman–Crippen LogP) is 1.47. The number of ether oxygens (including phenoxy) is 2. The molecule has 0 unspecified atom stereocenters. The number of hydrogen-bond donors (Lipinski definition) is 1. The van der Waals surface area contributed by atoms with Gasteiger partial charge in [-0.05, 0) is 22.0 Å². The van der Waals surface area contributed by atoms with Crippen LogP contribution in [-0.4, -0.2) is 51.7 Å². The summed E-state index contributed by atoms with van der Waals surface area (Å²) in [6, 6.07) is 2.94. The fourth-order valence-electron chi connectivity index (χ4n) is 1.73. The zero-order valence-corrected chi connectivity index (χ0v) is 14.0. The van der Waals surface area contributed by atoms with Gasteiger partial charge in [0.25, 0.3) is 0 Å². The topological polar surface area (TPSA) is 76.1 Å². The molecule has 6 nitrogen and oxygen atoms in total.